The third kappa shape index (κ3) is 4.80. The minimum Gasteiger partial charge on any atom is -0.481 e. The fourth-order valence-electron chi connectivity index (χ4n) is 4.06. The number of rotatable bonds is 7. The summed E-state index contributed by atoms with van der Waals surface area (Å²) >= 11 is 1.91. The summed E-state index contributed by atoms with van der Waals surface area (Å²) in [5.74, 6) is 0.634. The van der Waals surface area contributed by atoms with Crippen molar-refractivity contribution < 1.29 is 19.5 Å². The Labute approximate surface area is 152 Å². The molecule has 3 aliphatic heterocycles. The summed E-state index contributed by atoms with van der Waals surface area (Å²) in [6.07, 6.45) is 5.29. The van der Waals surface area contributed by atoms with E-state index in [0.717, 1.165) is 37.9 Å². The summed E-state index contributed by atoms with van der Waals surface area (Å²) in [5.41, 5.74) is 0. The fraction of sp³-hybridized carbons (Fsp3) is 0.824. The van der Waals surface area contributed by atoms with Crippen molar-refractivity contribution >= 4 is 29.7 Å². The molecule has 0 bridgehead atoms. The van der Waals surface area contributed by atoms with Gasteiger partial charge in [-0.25, -0.2) is 4.79 Å². The zero-order valence-electron chi connectivity index (χ0n) is 14.4. The number of piperidine rings is 1. The molecule has 0 saturated carbocycles. The number of hydrogen-bond donors (Lipinski definition) is 3. The molecule has 0 radical (unpaired) electrons. The lowest BCUT2D eigenvalue weighted by Gasteiger charge is -2.31. The maximum Gasteiger partial charge on any atom is 0.315 e. The van der Waals surface area contributed by atoms with Gasteiger partial charge in [-0.3, -0.25) is 9.59 Å². The number of thioether (sulfide) groups is 1. The number of carbonyl (C=O) groups excluding carboxylic acids is 2. The van der Waals surface area contributed by atoms with Crippen molar-refractivity contribution in [1.29, 1.82) is 0 Å². The summed E-state index contributed by atoms with van der Waals surface area (Å²) in [4.78, 5) is 36.3. The van der Waals surface area contributed by atoms with E-state index in [4.69, 9.17) is 5.11 Å². The van der Waals surface area contributed by atoms with Crippen LogP contribution in [0.1, 0.15) is 44.9 Å². The van der Waals surface area contributed by atoms with Gasteiger partial charge >= 0.3 is 12.0 Å². The number of nitrogens with zero attached hydrogens (tertiary/aromatic N) is 1. The molecule has 0 aromatic carbocycles. The van der Waals surface area contributed by atoms with Gasteiger partial charge in [0, 0.05) is 36.9 Å². The second kappa shape index (κ2) is 8.29. The summed E-state index contributed by atoms with van der Waals surface area (Å²) < 4.78 is 0. The molecule has 8 heteroatoms. The van der Waals surface area contributed by atoms with Crippen molar-refractivity contribution in [3.63, 3.8) is 0 Å². The minimum absolute atomic E-state index is 0.0539. The van der Waals surface area contributed by atoms with Crippen LogP contribution in [0.25, 0.3) is 0 Å². The van der Waals surface area contributed by atoms with Gasteiger partial charge in [-0.2, -0.15) is 11.8 Å². The lowest BCUT2D eigenvalue weighted by Crippen LogP contribution is -2.39. The number of fused-ring (bicyclic) bond motifs is 1. The number of carboxylic acid groups (broad SMARTS) is 1. The predicted molar refractivity (Wildman–Crippen MR) is 95.5 cm³/mol. The number of carboxylic acids is 1. The third-order valence-electron chi connectivity index (χ3n) is 5.50. The Morgan fingerprint density at radius 2 is 1.96 bits per heavy atom. The molecule has 3 amide bonds. The maximum absolute atomic E-state index is 12.3. The normalized spacial score (nSPS) is 29.2. The van der Waals surface area contributed by atoms with Gasteiger partial charge in [0.2, 0.25) is 5.91 Å². The molecule has 3 saturated heterocycles. The Hall–Kier alpha value is -1.44. The second-order valence-electron chi connectivity index (χ2n) is 7.29. The molecule has 3 rings (SSSR count). The number of nitrogens with one attached hydrogen (secondary N) is 2. The average molecular weight is 369 g/mol. The Morgan fingerprint density at radius 1 is 1.20 bits per heavy atom. The molecule has 0 aromatic rings. The van der Waals surface area contributed by atoms with Crippen LogP contribution in [-0.2, 0) is 9.59 Å². The highest BCUT2D eigenvalue weighted by molar-refractivity contribution is 8.00. The smallest absolute Gasteiger partial charge is 0.315 e. The van der Waals surface area contributed by atoms with Gasteiger partial charge in [0.1, 0.15) is 0 Å². The zero-order chi connectivity index (χ0) is 17.8. The van der Waals surface area contributed by atoms with Crippen LogP contribution < -0.4 is 10.6 Å². The molecule has 3 aliphatic rings. The molecule has 3 N–H and O–H groups in total. The van der Waals surface area contributed by atoms with Crippen molar-refractivity contribution in [2.24, 2.45) is 5.92 Å². The van der Waals surface area contributed by atoms with Crippen LogP contribution in [0.4, 0.5) is 4.79 Å². The largest absolute Gasteiger partial charge is 0.481 e. The van der Waals surface area contributed by atoms with E-state index in [9.17, 15) is 14.4 Å². The van der Waals surface area contributed by atoms with Gasteiger partial charge in [0.25, 0.3) is 0 Å². The first-order valence-corrected chi connectivity index (χ1v) is 10.3. The van der Waals surface area contributed by atoms with Gasteiger partial charge in [-0.1, -0.05) is 6.42 Å². The topological polar surface area (TPSA) is 98.7 Å². The lowest BCUT2D eigenvalue weighted by atomic mass is 9.93. The van der Waals surface area contributed by atoms with Gasteiger partial charge in [-0.15, -0.1) is 0 Å². The summed E-state index contributed by atoms with van der Waals surface area (Å²) in [6, 6.07) is 0.444. The van der Waals surface area contributed by atoms with E-state index < -0.39 is 5.97 Å². The molecule has 0 unspecified atom stereocenters. The molecule has 0 aromatic heterocycles. The van der Waals surface area contributed by atoms with Gasteiger partial charge in [0.15, 0.2) is 0 Å². The second-order valence-corrected chi connectivity index (χ2v) is 8.56. The first-order chi connectivity index (χ1) is 12.0. The molecule has 140 valence electrons. The van der Waals surface area contributed by atoms with Crippen molar-refractivity contribution in [2.45, 2.75) is 62.3 Å². The Bertz CT molecular complexity index is 522. The highest BCUT2D eigenvalue weighted by atomic mass is 32.2. The Kier molecular flexibility index (Phi) is 6.09. The van der Waals surface area contributed by atoms with Crippen LogP contribution in [0, 0.1) is 5.92 Å². The van der Waals surface area contributed by atoms with Crippen LogP contribution in [0.3, 0.4) is 0 Å². The van der Waals surface area contributed by atoms with Crippen LogP contribution in [0.5, 0.6) is 0 Å². The standard InChI is InChI=1S/C17H27N3O4S/c21-14(20-7-5-11(6-8-20)9-15(22)23)4-2-1-3-13-16-12(10-25-13)18-17(24)19-16/h11-13,16H,1-10H2,(H,22,23)(H2,18,19,24)/t12-,13-,16-/m0/s1. The highest BCUT2D eigenvalue weighted by Gasteiger charge is 2.42. The molecule has 0 aliphatic carbocycles. The van der Waals surface area contributed by atoms with Crippen LogP contribution in [-0.4, -0.2) is 64.1 Å². The number of unbranched alkanes of at least 4 members (excludes halogenated alkanes) is 1. The molecular weight excluding hydrogens is 342 g/mol. The van der Waals surface area contributed by atoms with E-state index in [-0.39, 0.29) is 36.4 Å². The number of aliphatic carboxylic acids is 1. The molecule has 3 atom stereocenters. The quantitative estimate of drug-likeness (QED) is 0.466. The van der Waals surface area contributed by atoms with E-state index >= 15 is 0 Å². The van der Waals surface area contributed by atoms with E-state index in [0.29, 0.717) is 24.8 Å². The summed E-state index contributed by atoms with van der Waals surface area (Å²) in [5, 5.41) is 15.2. The maximum atomic E-state index is 12.3. The SMILES string of the molecule is O=C(O)CC1CCN(C(=O)CCCC[C@@H]2SC[C@@H]3NC(=O)N[C@@H]32)CC1. The van der Waals surface area contributed by atoms with Crippen molar-refractivity contribution in [3.05, 3.63) is 0 Å². The molecular formula is C17H27N3O4S. The zero-order valence-corrected chi connectivity index (χ0v) is 15.2. The fourth-order valence-corrected chi connectivity index (χ4v) is 5.60. The summed E-state index contributed by atoms with van der Waals surface area (Å²) in [6.45, 7) is 1.38. The molecule has 3 heterocycles. The molecule has 7 nitrogen and oxygen atoms in total. The number of likely N-dealkylation sites (tertiary alicyclic amines) is 1. The summed E-state index contributed by atoms with van der Waals surface area (Å²) in [7, 11) is 0. The van der Waals surface area contributed by atoms with E-state index in [1.54, 1.807) is 0 Å². The monoisotopic (exact) mass is 369 g/mol. The van der Waals surface area contributed by atoms with Gasteiger partial charge in [0.05, 0.1) is 12.1 Å². The predicted octanol–water partition coefficient (Wildman–Crippen LogP) is 1.43. The number of amides is 3. The van der Waals surface area contributed by atoms with Crippen molar-refractivity contribution in [1.82, 2.24) is 15.5 Å². The minimum atomic E-state index is -0.745. The van der Waals surface area contributed by atoms with Crippen LogP contribution in [0.2, 0.25) is 0 Å². The van der Waals surface area contributed by atoms with Crippen LogP contribution >= 0.6 is 11.8 Å². The van der Waals surface area contributed by atoms with Gasteiger partial charge in [-0.05, 0) is 31.6 Å². The van der Waals surface area contributed by atoms with Crippen LogP contribution in [0.15, 0.2) is 0 Å². The Balaban J connectivity index is 1.30. The first-order valence-electron chi connectivity index (χ1n) is 9.21. The Morgan fingerprint density at radius 3 is 2.68 bits per heavy atom. The van der Waals surface area contributed by atoms with E-state index in [1.807, 2.05) is 16.7 Å². The molecule has 3 fully saturated rings. The third-order valence-corrected chi connectivity index (χ3v) is 7.01. The van der Waals surface area contributed by atoms with Crippen molar-refractivity contribution in [3.8, 4) is 0 Å². The van der Waals surface area contributed by atoms with E-state index in [2.05, 4.69) is 10.6 Å². The number of urea groups is 1. The average Bonchev–Trinajstić information content (AvgIpc) is 3.11. The lowest BCUT2D eigenvalue weighted by molar-refractivity contribution is -0.138. The number of hydrogen-bond acceptors (Lipinski definition) is 4. The molecule has 25 heavy (non-hydrogen) atoms. The van der Waals surface area contributed by atoms with Crippen molar-refractivity contribution in [2.75, 3.05) is 18.8 Å². The van der Waals surface area contributed by atoms with Gasteiger partial charge < -0.3 is 20.6 Å². The molecule has 0 spiro atoms. The van der Waals surface area contributed by atoms with E-state index in [1.165, 1.54) is 0 Å². The number of carbonyl (C=O) groups is 3. The highest BCUT2D eigenvalue weighted by Crippen LogP contribution is 2.33. The first kappa shape index (κ1) is 18.4.